The second-order valence-corrected chi connectivity index (χ2v) is 3.95. The van der Waals surface area contributed by atoms with E-state index in [0.717, 1.165) is 0 Å². The molecular formula is C9H17NO5. The smallest absolute Gasteiger partial charge is 0.217 e. The summed E-state index contributed by atoms with van der Waals surface area (Å²) in [6.45, 7) is 0.964. The Morgan fingerprint density at radius 2 is 1.93 bits per heavy atom. The van der Waals surface area contributed by atoms with Crippen LogP contribution in [0.2, 0.25) is 0 Å². The first-order valence-electron chi connectivity index (χ1n) is 4.89. The van der Waals surface area contributed by atoms with Crippen molar-refractivity contribution < 1.29 is 25.2 Å². The molecule has 0 saturated heterocycles. The maximum Gasteiger partial charge on any atom is 0.217 e. The van der Waals surface area contributed by atoms with Crippen LogP contribution in [0.3, 0.4) is 0 Å². The topological polar surface area (TPSA) is 110 Å². The number of rotatable bonds is 2. The highest BCUT2D eigenvalue weighted by atomic mass is 16.3. The number of carbonyl (C=O) groups excluding carboxylic acids is 1. The summed E-state index contributed by atoms with van der Waals surface area (Å²) in [7, 11) is 0. The summed E-state index contributed by atoms with van der Waals surface area (Å²) in [5.74, 6) is -0.937. The van der Waals surface area contributed by atoms with E-state index in [0.29, 0.717) is 0 Å². The lowest BCUT2D eigenvalue weighted by Crippen LogP contribution is -2.60. The number of carbonyl (C=O) groups is 1. The van der Waals surface area contributed by atoms with Gasteiger partial charge in [-0.2, -0.15) is 0 Å². The molecule has 0 aromatic carbocycles. The van der Waals surface area contributed by atoms with Gasteiger partial charge in [0.1, 0.15) is 6.10 Å². The highest BCUT2D eigenvalue weighted by molar-refractivity contribution is 5.73. The van der Waals surface area contributed by atoms with Gasteiger partial charge >= 0.3 is 0 Å². The first-order chi connectivity index (χ1) is 6.97. The van der Waals surface area contributed by atoms with Gasteiger partial charge in [-0.15, -0.1) is 0 Å². The van der Waals surface area contributed by atoms with E-state index in [4.69, 9.17) is 5.11 Å². The van der Waals surface area contributed by atoms with Crippen molar-refractivity contribution in [1.29, 1.82) is 0 Å². The summed E-state index contributed by atoms with van der Waals surface area (Å²) < 4.78 is 0. The highest BCUT2D eigenvalue weighted by Crippen LogP contribution is 2.25. The van der Waals surface area contributed by atoms with Crippen LogP contribution in [-0.4, -0.2) is 57.3 Å². The zero-order valence-electron chi connectivity index (χ0n) is 8.50. The third-order valence-corrected chi connectivity index (χ3v) is 2.76. The van der Waals surface area contributed by atoms with E-state index >= 15 is 0 Å². The lowest BCUT2D eigenvalue weighted by molar-refractivity contribution is -0.133. The second-order valence-electron chi connectivity index (χ2n) is 3.95. The van der Waals surface area contributed by atoms with Crippen LogP contribution in [0.1, 0.15) is 13.3 Å². The van der Waals surface area contributed by atoms with Gasteiger partial charge in [-0.1, -0.05) is 0 Å². The number of amides is 1. The van der Waals surface area contributed by atoms with Crippen molar-refractivity contribution in [3.05, 3.63) is 0 Å². The van der Waals surface area contributed by atoms with Crippen LogP contribution in [0.25, 0.3) is 0 Å². The van der Waals surface area contributed by atoms with Gasteiger partial charge in [0.2, 0.25) is 5.91 Å². The van der Waals surface area contributed by atoms with Crippen molar-refractivity contribution in [1.82, 2.24) is 5.32 Å². The molecule has 1 saturated carbocycles. The van der Waals surface area contributed by atoms with Crippen molar-refractivity contribution in [3.63, 3.8) is 0 Å². The third-order valence-electron chi connectivity index (χ3n) is 2.76. The number of hydrogen-bond donors (Lipinski definition) is 5. The second kappa shape index (κ2) is 4.89. The van der Waals surface area contributed by atoms with Crippen LogP contribution in [0.4, 0.5) is 0 Å². The molecule has 15 heavy (non-hydrogen) atoms. The first-order valence-corrected chi connectivity index (χ1v) is 4.89. The van der Waals surface area contributed by atoms with Crippen molar-refractivity contribution >= 4 is 5.91 Å². The van der Waals surface area contributed by atoms with Gasteiger partial charge in [-0.3, -0.25) is 4.79 Å². The molecule has 88 valence electrons. The molecular weight excluding hydrogens is 202 g/mol. The summed E-state index contributed by atoms with van der Waals surface area (Å²) in [6, 6.07) is -0.875. The Balaban J connectivity index is 2.70. The molecule has 6 nitrogen and oxygen atoms in total. The van der Waals surface area contributed by atoms with Gasteiger partial charge in [-0.05, 0) is 6.42 Å². The van der Waals surface area contributed by atoms with E-state index in [9.17, 15) is 20.1 Å². The number of nitrogens with one attached hydrogen (secondary N) is 1. The average molecular weight is 219 g/mol. The van der Waals surface area contributed by atoms with E-state index in [1.54, 1.807) is 0 Å². The van der Waals surface area contributed by atoms with E-state index in [1.165, 1.54) is 6.92 Å². The molecule has 0 aromatic rings. The van der Waals surface area contributed by atoms with Gasteiger partial charge < -0.3 is 25.7 Å². The predicted molar refractivity (Wildman–Crippen MR) is 50.8 cm³/mol. The lowest BCUT2D eigenvalue weighted by Gasteiger charge is -2.40. The molecule has 1 aliphatic rings. The zero-order valence-corrected chi connectivity index (χ0v) is 8.50. The van der Waals surface area contributed by atoms with Gasteiger partial charge in [0, 0.05) is 19.4 Å². The minimum absolute atomic E-state index is 0.152. The van der Waals surface area contributed by atoms with E-state index in [1.807, 2.05) is 0 Å². The largest absolute Gasteiger partial charge is 0.396 e. The molecule has 1 fully saturated rings. The van der Waals surface area contributed by atoms with Gasteiger partial charge in [0.05, 0.1) is 18.2 Å². The normalized spacial score (nSPS) is 41.3. The fraction of sp³-hybridized carbons (Fsp3) is 0.889. The van der Waals surface area contributed by atoms with Crippen LogP contribution in [0, 0.1) is 5.92 Å². The van der Waals surface area contributed by atoms with Crippen molar-refractivity contribution in [3.8, 4) is 0 Å². The molecule has 0 bridgehead atoms. The molecule has 0 aliphatic heterocycles. The summed E-state index contributed by atoms with van der Waals surface area (Å²) in [4.78, 5) is 10.8. The van der Waals surface area contributed by atoms with Gasteiger partial charge in [0.15, 0.2) is 0 Å². The van der Waals surface area contributed by atoms with E-state index < -0.39 is 30.3 Å². The van der Waals surface area contributed by atoms with Crippen molar-refractivity contribution in [2.45, 2.75) is 37.7 Å². The Kier molecular flexibility index (Phi) is 4.04. The minimum atomic E-state index is -1.25. The van der Waals surface area contributed by atoms with Crippen LogP contribution in [0.5, 0.6) is 0 Å². The Hall–Kier alpha value is -0.690. The monoisotopic (exact) mass is 219 g/mol. The summed E-state index contributed by atoms with van der Waals surface area (Å²) >= 11 is 0. The molecule has 0 heterocycles. The molecule has 5 atom stereocenters. The van der Waals surface area contributed by atoms with Crippen LogP contribution < -0.4 is 5.32 Å². The SMILES string of the molecule is CC(=O)NC1C(O)CC(CO)C(O)C1O. The molecule has 5 N–H and O–H groups in total. The van der Waals surface area contributed by atoms with Crippen LogP contribution >= 0.6 is 0 Å². The molecule has 1 amide bonds. The molecule has 0 spiro atoms. The summed E-state index contributed by atoms with van der Waals surface area (Å²) in [5, 5.41) is 40.1. The number of aliphatic hydroxyl groups is 4. The van der Waals surface area contributed by atoms with E-state index in [2.05, 4.69) is 5.32 Å². The fourth-order valence-electron chi connectivity index (χ4n) is 1.91. The molecule has 1 rings (SSSR count). The number of aliphatic hydroxyl groups excluding tert-OH is 4. The summed E-state index contributed by atoms with van der Waals surface area (Å²) in [6.07, 6.45) is -3.19. The zero-order chi connectivity index (χ0) is 11.6. The number of hydrogen-bond acceptors (Lipinski definition) is 5. The molecule has 1 aliphatic carbocycles. The maximum absolute atomic E-state index is 10.8. The predicted octanol–water partition coefficient (Wildman–Crippen LogP) is -2.41. The Morgan fingerprint density at radius 3 is 2.40 bits per heavy atom. The quantitative estimate of drug-likeness (QED) is 0.355. The minimum Gasteiger partial charge on any atom is -0.396 e. The third kappa shape index (κ3) is 2.66. The van der Waals surface area contributed by atoms with Crippen molar-refractivity contribution in [2.24, 2.45) is 5.92 Å². The molecule has 0 aromatic heterocycles. The van der Waals surface area contributed by atoms with Crippen LogP contribution in [-0.2, 0) is 4.79 Å². The molecule has 6 heteroatoms. The average Bonchev–Trinajstić information content (AvgIpc) is 2.18. The first kappa shape index (κ1) is 12.4. The maximum atomic E-state index is 10.8. The van der Waals surface area contributed by atoms with Crippen LogP contribution in [0.15, 0.2) is 0 Å². The molecule has 0 radical (unpaired) electrons. The standard InChI is InChI=1S/C9H17NO5/c1-4(12)10-7-6(13)2-5(3-11)8(14)9(7)15/h5-9,11,13-15H,2-3H2,1H3,(H,10,12). The van der Waals surface area contributed by atoms with Gasteiger partial charge in [0.25, 0.3) is 0 Å². The Morgan fingerprint density at radius 1 is 1.33 bits per heavy atom. The Labute approximate surface area is 87.5 Å². The van der Waals surface area contributed by atoms with E-state index in [-0.39, 0.29) is 18.9 Å². The highest BCUT2D eigenvalue weighted by Gasteiger charge is 2.42. The Bertz CT molecular complexity index is 235. The summed E-state index contributed by atoms with van der Waals surface area (Å²) in [5.41, 5.74) is 0. The van der Waals surface area contributed by atoms with Crippen molar-refractivity contribution in [2.75, 3.05) is 6.61 Å². The molecule has 5 unspecified atom stereocenters. The lowest BCUT2D eigenvalue weighted by atomic mass is 9.80. The fourth-order valence-corrected chi connectivity index (χ4v) is 1.91. The van der Waals surface area contributed by atoms with Gasteiger partial charge in [-0.25, -0.2) is 0 Å².